The van der Waals surface area contributed by atoms with Crippen molar-refractivity contribution in [3.05, 3.63) is 58.1 Å². The summed E-state index contributed by atoms with van der Waals surface area (Å²) in [6, 6.07) is 9.12. The lowest BCUT2D eigenvalue weighted by atomic mass is 10.1. The molecule has 2 rings (SSSR count). The van der Waals surface area contributed by atoms with Crippen LogP contribution in [0.1, 0.15) is 45.2 Å². The van der Waals surface area contributed by atoms with Crippen LogP contribution in [0.3, 0.4) is 0 Å². The van der Waals surface area contributed by atoms with Crippen molar-refractivity contribution in [2.45, 2.75) is 59.3 Å². The van der Waals surface area contributed by atoms with Gasteiger partial charge in [-0.05, 0) is 46.1 Å². The van der Waals surface area contributed by atoms with Gasteiger partial charge in [0.05, 0.1) is 6.61 Å². The first-order valence-electron chi connectivity index (χ1n) is 11.3. The Morgan fingerprint density at radius 3 is 2.43 bits per heavy atom. The van der Waals surface area contributed by atoms with E-state index in [1.807, 2.05) is 30.3 Å². The molecule has 0 spiro atoms. The molecule has 35 heavy (non-hydrogen) atoms. The maximum atomic E-state index is 12.4. The fourth-order valence-electron chi connectivity index (χ4n) is 2.93. The van der Waals surface area contributed by atoms with E-state index in [4.69, 9.17) is 14.2 Å². The van der Waals surface area contributed by atoms with Crippen LogP contribution in [0, 0.1) is 0 Å². The molecule has 190 valence electrons. The summed E-state index contributed by atoms with van der Waals surface area (Å²) in [5.74, 6) is -0.567. The Kier molecular flexibility index (Phi) is 10.2. The maximum Gasteiger partial charge on any atom is 0.413 e. The molecular formula is C24H32N4O7. The highest BCUT2D eigenvalue weighted by molar-refractivity contribution is 5.84. The normalized spacial score (nSPS) is 10.9. The van der Waals surface area contributed by atoms with Crippen LogP contribution in [0.4, 0.5) is 15.4 Å². The third-order valence-electron chi connectivity index (χ3n) is 4.40. The molecule has 0 aliphatic heterocycles. The summed E-state index contributed by atoms with van der Waals surface area (Å²) in [6.07, 6.45) is 0.890. The number of alkyl carbamates (subject to hydrolysis) is 1. The number of aryl methyl sites for hydroxylation is 1. The number of carbonyl (C=O) groups excluding carboxylic acids is 3. The van der Waals surface area contributed by atoms with E-state index in [1.54, 1.807) is 27.7 Å². The molecule has 1 heterocycles. The molecule has 0 saturated carbocycles. The van der Waals surface area contributed by atoms with Crippen LogP contribution in [0.2, 0.25) is 0 Å². The molecule has 2 aromatic rings. The second-order valence-corrected chi connectivity index (χ2v) is 8.55. The van der Waals surface area contributed by atoms with Gasteiger partial charge in [0.25, 0.3) is 0 Å². The van der Waals surface area contributed by atoms with Crippen LogP contribution >= 0.6 is 0 Å². The minimum Gasteiger partial charge on any atom is -0.465 e. The zero-order valence-corrected chi connectivity index (χ0v) is 20.5. The lowest BCUT2D eigenvalue weighted by Crippen LogP contribution is -2.33. The standard InChI is InChI=1S/C24H32N4O7/c1-5-33-19(29)15-28-14-18(12-9-13-25-22(31)35-24(2,3)4)20(26-21(28)30)27-23(32)34-16-17-10-7-6-8-11-17/h6-8,10-11,14H,5,9,12-13,15-16H2,1-4H3,(H,25,31)(H,26,27,30,32). The predicted molar refractivity (Wildman–Crippen MR) is 128 cm³/mol. The van der Waals surface area contributed by atoms with Crippen molar-refractivity contribution >= 4 is 24.0 Å². The number of nitrogens with one attached hydrogen (secondary N) is 2. The highest BCUT2D eigenvalue weighted by Crippen LogP contribution is 2.14. The summed E-state index contributed by atoms with van der Waals surface area (Å²) < 4.78 is 16.4. The summed E-state index contributed by atoms with van der Waals surface area (Å²) in [4.78, 5) is 52.3. The Labute approximate surface area is 203 Å². The molecular weight excluding hydrogens is 456 g/mol. The van der Waals surface area contributed by atoms with E-state index in [0.717, 1.165) is 10.1 Å². The largest absolute Gasteiger partial charge is 0.465 e. The molecule has 0 radical (unpaired) electrons. The van der Waals surface area contributed by atoms with Crippen LogP contribution in [0.25, 0.3) is 0 Å². The maximum absolute atomic E-state index is 12.4. The molecule has 0 unspecified atom stereocenters. The SMILES string of the molecule is CCOC(=O)Cn1cc(CCCNC(=O)OC(C)(C)C)c(NC(=O)OCc2ccccc2)nc1=O. The highest BCUT2D eigenvalue weighted by Gasteiger charge is 2.17. The van der Waals surface area contributed by atoms with Crippen molar-refractivity contribution in [3.8, 4) is 0 Å². The number of hydrogen-bond donors (Lipinski definition) is 2. The van der Waals surface area contributed by atoms with Gasteiger partial charge >= 0.3 is 23.8 Å². The Bertz CT molecular complexity index is 1060. The number of benzene rings is 1. The number of esters is 1. The van der Waals surface area contributed by atoms with Gasteiger partial charge in [-0.25, -0.2) is 14.4 Å². The van der Waals surface area contributed by atoms with Gasteiger partial charge in [-0.3, -0.25) is 14.7 Å². The van der Waals surface area contributed by atoms with Crippen molar-refractivity contribution in [1.29, 1.82) is 0 Å². The van der Waals surface area contributed by atoms with E-state index in [0.29, 0.717) is 18.4 Å². The first kappa shape index (κ1) is 27.4. The lowest BCUT2D eigenvalue weighted by Gasteiger charge is -2.19. The van der Waals surface area contributed by atoms with Crippen LogP contribution in [0.5, 0.6) is 0 Å². The average molecular weight is 489 g/mol. The van der Waals surface area contributed by atoms with Crippen molar-refractivity contribution in [1.82, 2.24) is 14.9 Å². The number of ether oxygens (including phenoxy) is 3. The van der Waals surface area contributed by atoms with Gasteiger partial charge in [0.2, 0.25) is 0 Å². The number of aromatic nitrogens is 2. The summed E-state index contributed by atoms with van der Waals surface area (Å²) in [6.45, 7) is 7.14. The lowest BCUT2D eigenvalue weighted by molar-refractivity contribution is -0.143. The van der Waals surface area contributed by atoms with Gasteiger partial charge in [0.1, 0.15) is 24.6 Å². The molecule has 0 saturated heterocycles. The van der Waals surface area contributed by atoms with Crippen LogP contribution in [0.15, 0.2) is 41.3 Å². The number of anilines is 1. The topological polar surface area (TPSA) is 138 Å². The first-order valence-corrected chi connectivity index (χ1v) is 11.3. The van der Waals surface area contributed by atoms with E-state index in [9.17, 15) is 19.2 Å². The predicted octanol–water partition coefficient (Wildman–Crippen LogP) is 3.01. The van der Waals surface area contributed by atoms with E-state index < -0.39 is 29.4 Å². The highest BCUT2D eigenvalue weighted by atomic mass is 16.6. The van der Waals surface area contributed by atoms with Crippen LogP contribution in [-0.2, 0) is 38.6 Å². The van der Waals surface area contributed by atoms with Crippen molar-refractivity contribution in [3.63, 3.8) is 0 Å². The minimum absolute atomic E-state index is 0.0189. The summed E-state index contributed by atoms with van der Waals surface area (Å²) in [5, 5.41) is 5.14. The van der Waals surface area contributed by atoms with E-state index in [2.05, 4.69) is 15.6 Å². The molecule has 2 N–H and O–H groups in total. The molecule has 0 atom stereocenters. The molecule has 0 aliphatic carbocycles. The number of hydrogen-bond acceptors (Lipinski definition) is 8. The molecule has 1 aromatic heterocycles. The second kappa shape index (κ2) is 13.1. The first-order chi connectivity index (χ1) is 16.6. The quantitative estimate of drug-likeness (QED) is 0.296. The van der Waals surface area contributed by atoms with Gasteiger partial charge in [0, 0.05) is 18.3 Å². The number of rotatable bonds is 10. The van der Waals surface area contributed by atoms with Crippen molar-refractivity contribution < 1.29 is 28.6 Å². The van der Waals surface area contributed by atoms with E-state index in [1.165, 1.54) is 6.20 Å². The Balaban J connectivity index is 2.08. The Morgan fingerprint density at radius 1 is 1.06 bits per heavy atom. The fourth-order valence-corrected chi connectivity index (χ4v) is 2.93. The molecule has 0 aliphatic rings. The molecule has 11 nitrogen and oxygen atoms in total. The number of carbonyl (C=O) groups is 3. The molecule has 0 fully saturated rings. The smallest absolute Gasteiger partial charge is 0.413 e. The molecule has 0 bridgehead atoms. The zero-order chi connectivity index (χ0) is 25.8. The van der Waals surface area contributed by atoms with Gasteiger partial charge in [-0.1, -0.05) is 30.3 Å². The summed E-state index contributed by atoms with van der Waals surface area (Å²) in [7, 11) is 0. The van der Waals surface area contributed by atoms with Gasteiger partial charge in [-0.2, -0.15) is 4.98 Å². The minimum atomic E-state index is -0.781. The zero-order valence-electron chi connectivity index (χ0n) is 20.5. The van der Waals surface area contributed by atoms with Crippen LogP contribution < -0.4 is 16.3 Å². The average Bonchev–Trinajstić information content (AvgIpc) is 2.77. The van der Waals surface area contributed by atoms with E-state index in [-0.39, 0.29) is 32.1 Å². The summed E-state index contributed by atoms with van der Waals surface area (Å²) in [5.41, 5.74) is -0.0640. The third-order valence-corrected chi connectivity index (χ3v) is 4.40. The molecule has 2 amide bonds. The van der Waals surface area contributed by atoms with Crippen LogP contribution in [-0.4, -0.2) is 46.5 Å². The van der Waals surface area contributed by atoms with Gasteiger partial charge in [-0.15, -0.1) is 0 Å². The van der Waals surface area contributed by atoms with Gasteiger partial charge in [0.15, 0.2) is 0 Å². The monoisotopic (exact) mass is 488 g/mol. The van der Waals surface area contributed by atoms with Gasteiger partial charge < -0.3 is 19.5 Å². The number of amides is 2. The van der Waals surface area contributed by atoms with Crippen molar-refractivity contribution in [2.75, 3.05) is 18.5 Å². The number of nitrogens with zero attached hydrogens (tertiary/aromatic N) is 2. The second-order valence-electron chi connectivity index (χ2n) is 8.55. The van der Waals surface area contributed by atoms with E-state index >= 15 is 0 Å². The molecule has 11 heteroatoms. The Hall–Kier alpha value is -3.89. The van der Waals surface area contributed by atoms with Crippen molar-refractivity contribution in [2.24, 2.45) is 0 Å². The fraction of sp³-hybridized carbons (Fsp3) is 0.458. The summed E-state index contributed by atoms with van der Waals surface area (Å²) >= 11 is 0. The molecule has 1 aromatic carbocycles. The Morgan fingerprint density at radius 2 is 1.77 bits per heavy atom. The third kappa shape index (κ3) is 10.3.